The predicted molar refractivity (Wildman–Crippen MR) is 70.3 cm³/mol. The first kappa shape index (κ1) is 12.5. The van der Waals surface area contributed by atoms with Crippen molar-refractivity contribution in [2.75, 3.05) is 7.05 Å². The van der Waals surface area contributed by atoms with Crippen LogP contribution in [0.15, 0.2) is 39.9 Å². The highest BCUT2D eigenvalue weighted by Gasteiger charge is 2.05. The molecule has 5 heteroatoms. The Morgan fingerprint density at radius 3 is 2.94 bits per heavy atom. The van der Waals surface area contributed by atoms with Crippen molar-refractivity contribution >= 4 is 23.4 Å². The molecular formula is C12H13ClN2OS. The third-order valence-electron chi connectivity index (χ3n) is 2.14. The lowest BCUT2D eigenvalue weighted by Crippen LogP contribution is -2.03. The molecule has 90 valence electrons. The molecular weight excluding hydrogens is 256 g/mol. The summed E-state index contributed by atoms with van der Waals surface area (Å²) < 4.78 is 5.63. The quantitative estimate of drug-likeness (QED) is 0.844. The topological polar surface area (TPSA) is 38.1 Å². The molecule has 0 aliphatic heterocycles. The molecule has 0 fully saturated rings. The van der Waals surface area contributed by atoms with Gasteiger partial charge in [-0.15, -0.1) is 0 Å². The average Bonchev–Trinajstić information content (AvgIpc) is 2.76. The molecule has 3 nitrogen and oxygen atoms in total. The van der Waals surface area contributed by atoms with Crippen molar-refractivity contribution in [1.82, 2.24) is 10.3 Å². The largest absolute Gasteiger partial charge is 0.464 e. The van der Waals surface area contributed by atoms with E-state index in [2.05, 4.69) is 10.3 Å². The number of rotatable bonds is 5. The second kappa shape index (κ2) is 6.10. The van der Waals surface area contributed by atoms with Gasteiger partial charge in [0.2, 0.25) is 0 Å². The second-order valence-electron chi connectivity index (χ2n) is 3.48. The van der Waals surface area contributed by atoms with Gasteiger partial charge in [-0.05, 0) is 31.3 Å². The van der Waals surface area contributed by atoms with Crippen molar-refractivity contribution < 1.29 is 4.42 Å². The summed E-state index contributed by atoms with van der Waals surface area (Å²) in [5, 5.41) is 4.56. The molecule has 0 amide bonds. The highest BCUT2D eigenvalue weighted by molar-refractivity contribution is 7.98. The van der Waals surface area contributed by atoms with Crippen LogP contribution in [0.3, 0.4) is 0 Å². The zero-order valence-corrected chi connectivity index (χ0v) is 11.0. The number of halogens is 1. The molecule has 0 aliphatic carbocycles. The number of nitrogens with one attached hydrogen (secondary N) is 1. The van der Waals surface area contributed by atoms with E-state index in [4.69, 9.17) is 16.0 Å². The first-order chi connectivity index (χ1) is 8.29. The summed E-state index contributed by atoms with van der Waals surface area (Å²) in [6.45, 7) is 0.745. The molecule has 2 aromatic rings. The Bertz CT molecular complexity index is 487. The predicted octanol–water partition coefficient (Wildman–Crippen LogP) is 3.34. The van der Waals surface area contributed by atoms with Crippen LogP contribution in [0.25, 0.3) is 0 Å². The number of aromatic nitrogens is 1. The monoisotopic (exact) mass is 268 g/mol. The van der Waals surface area contributed by atoms with Gasteiger partial charge >= 0.3 is 0 Å². The van der Waals surface area contributed by atoms with E-state index in [1.165, 1.54) is 0 Å². The van der Waals surface area contributed by atoms with Gasteiger partial charge < -0.3 is 9.73 Å². The van der Waals surface area contributed by atoms with Crippen LogP contribution >= 0.6 is 23.4 Å². The number of hydrogen-bond acceptors (Lipinski definition) is 4. The fourth-order valence-electron chi connectivity index (χ4n) is 1.39. The Morgan fingerprint density at radius 1 is 1.35 bits per heavy atom. The van der Waals surface area contributed by atoms with Crippen LogP contribution in [0.4, 0.5) is 0 Å². The van der Waals surface area contributed by atoms with E-state index in [1.807, 2.05) is 31.3 Å². The highest BCUT2D eigenvalue weighted by atomic mass is 35.5. The van der Waals surface area contributed by atoms with E-state index in [-0.39, 0.29) is 0 Å². The van der Waals surface area contributed by atoms with E-state index in [1.54, 1.807) is 18.0 Å². The summed E-state index contributed by atoms with van der Waals surface area (Å²) in [7, 11) is 1.89. The van der Waals surface area contributed by atoms with Crippen molar-refractivity contribution in [3.63, 3.8) is 0 Å². The first-order valence-corrected chi connectivity index (χ1v) is 6.61. The van der Waals surface area contributed by atoms with Gasteiger partial charge in [-0.25, -0.2) is 4.98 Å². The maximum atomic E-state index is 6.02. The van der Waals surface area contributed by atoms with Crippen LogP contribution in [-0.4, -0.2) is 12.0 Å². The smallest absolute Gasteiger partial charge is 0.117 e. The summed E-state index contributed by atoms with van der Waals surface area (Å²) in [4.78, 5) is 4.21. The Hall–Kier alpha value is -0.970. The van der Waals surface area contributed by atoms with Gasteiger partial charge in [0.25, 0.3) is 0 Å². The minimum atomic E-state index is 0.680. The van der Waals surface area contributed by atoms with Crippen molar-refractivity contribution in [1.29, 1.82) is 0 Å². The van der Waals surface area contributed by atoms with Crippen molar-refractivity contribution in [2.24, 2.45) is 0 Å². The lowest BCUT2D eigenvalue weighted by atomic mass is 10.4. The third-order valence-corrected chi connectivity index (χ3v) is 3.59. The van der Waals surface area contributed by atoms with E-state index in [0.717, 1.165) is 28.8 Å². The van der Waals surface area contributed by atoms with Crippen LogP contribution in [0.2, 0.25) is 5.02 Å². The van der Waals surface area contributed by atoms with E-state index in [0.29, 0.717) is 5.02 Å². The molecule has 2 heterocycles. The van der Waals surface area contributed by atoms with Crippen LogP contribution < -0.4 is 5.32 Å². The molecule has 1 N–H and O–H groups in total. The summed E-state index contributed by atoms with van der Waals surface area (Å²) >= 11 is 7.60. The van der Waals surface area contributed by atoms with E-state index < -0.39 is 0 Å². The standard InChI is InChI=1S/C12H13ClN2OS/c1-14-7-9-4-5-10(16-9)8-17-12-11(13)3-2-6-15-12/h2-6,14H,7-8H2,1H3. The van der Waals surface area contributed by atoms with Crippen LogP contribution in [0, 0.1) is 0 Å². The molecule has 2 rings (SSSR count). The van der Waals surface area contributed by atoms with Gasteiger partial charge in [0.05, 0.1) is 17.3 Å². The zero-order valence-electron chi connectivity index (χ0n) is 9.44. The molecule has 2 aromatic heterocycles. The number of nitrogens with zero attached hydrogens (tertiary/aromatic N) is 1. The maximum absolute atomic E-state index is 6.02. The van der Waals surface area contributed by atoms with Crippen LogP contribution in [-0.2, 0) is 12.3 Å². The van der Waals surface area contributed by atoms with Gasteiger partial charge in [-0.3, -0.25) is 0 Å². The zero-order chi connectivity index (χ0) is 12.1. The summed E-state index contributed by atoms with van der Waals surface area (Å²) in [5.41, 5.74) is 0. The number of thioether (sulfide) groups is 1. The summed E-state index contributed by atoms with van der Waals surface area (Å²) in [6.07, 6.45) is 1.74. The molecule has 0 aromatic carbocycles. The summed E-state index contributed by atoms with van der Waals surface area (Å²) in [6, 6.07) is 7.62. The second-order valence-corrected chi connectivity index (χ2v) is 4.85. The number of hydrogen-bond donors (Lipinski definition) is 1. The molecule has 0 radical (unpaired) electrons. The van der Waals surface area contributed by atoms with Gasteiger partial charge in [-0.2, -0.15) is 0 Å². The highest BCUT2D eigenvalue weighted by Crippen LogP contribution is 2.27. The summed E-state index contributed by atoms with van der Waals surface area (Å²) in [5.74, 6) is 2.61. The van der Waals surface area contributed by atoms with E-state index in [9.17, 15) is 0 Å². The average molecular weight is 269 g/mol. The maximum Gasteiger partial charge on any atom is 0.117 e. The molecule has 0 unspecified atom stereocenters. The normalized spacial score (nSPS) is 10.7. The molecule has 0 bridgehead atoms. The number of pyridine rings is 1. The molecule has 0 saturated carbocycles. The van der Waals surface area contributed by atoms with E-state index >= 15 is 0 Å². The third kappa shape index (κ3) is 3.49. The molecule has 17 heavy (non-hydrogen) atoms. The molecule has 0 aliphatic rings. The molecule has 0 spiro atoms. The van der Waals surface area contributed by atoms with Gasteiger partial charge in [-0.1, -0.05) is 23.4 Å². The fraction of sp³-hybridized carbons (Fsp3) is 0.250. The minimum Gasteiger partial charge on any atom is -0.464 e. The van der Waals surface area contributed by atoms with Crippen molar-refractivity contribution in [3.8, 4) is 0 Å². The molecule has 0 atom stereocenters. The minimum absolute atomic E-state index is 0.680. The Kier molecular flexibility index (Phi) is 4.48. The van der Waals surface area contributed by atoms with Crippen LogP contribution in [0.5, 0.6) is 0 Å². The Labute approximate surface area is 110 Å². The lowest BCUT2D eigenvalue weighted by molar-refractivity contribution is 0.469. The van der Waals surface area contributed by atoms with Gasteiger partial charge in [0.1, 0.15) is 16.5 Å². The Morgan fingerprint density at radius 2 is 2.18 bits per heavy atom. The molecule has 0 saturated heterocycles. The Balaban J connectivity index is 1.95. The lowest BCUT2D eigenvalue weighted by Gasteiger charge is -2.00. The van der Waals surface area contributed by atoms with Crippen molar-refractivity contribution in [3.05, 3.63) is 47.0 Å². The SMILES string of the molecule is CNCc1ccc(CSc2ncccc2Cl)o1. The van der Waals surface area contributed by atoms with Crippen LogP contribution in [0.1, 0.15) is 11.5 Å². The fourth-order valence-corrected chi connectivity index (χ4v) is 2.45. The van der Waals surface area contributed by atoms with Gasteiger partial charge in [0.15, 0.2) is 0 Å². The van der Waals surface area contributed by atoms with Crippen molar-refractivity contribution in [2.45, 2.75) is 17.3 Å². The first-order valence-electron chi connectivity index (χ1n) is 5.25. The number of furan rings is 1. The van der Waals surface area contributed by atoms with Gasteiger partial charge in [0, 0.05) is 6.20 Å².